The van der Waals surface area contributed by atoms with E-state index in [1.54, 1.807) is 11.9 Å². The maximum atomic E-state index is 12.3. The molecule has 0 amide bonds. The van der Waals surface area contributed by atoms with E-state index in [0.29, 0.717) is 6.54 Å². The molecule has 2 atom stereocenters. The van der Waals surface area contributed by atoms with Gasteiger partial charge in [-0.1, -0.05) is 0 Å². The molecule has 0 aromatic heterocycles. The summed E-state index contributed by atoms with van der Waals surface area (Å²) in [7, 11) is 1.69. The summed E-state index contributed by atoms with van der Waals surface area (Å²) in [4.78, 5) is 1.63. The number of hydrogen-bond acceptors (Lipinski definition) is 3. The van der Waals surface area contributed by atoms with Gasteiger partial charge in [0.15, 0.2) is 0 Å². The van der Waals surface area contributed by atoms with Gasteiger partial charge in [0.05, 0.1) is 17.7 Å². The van der Waals surface area contributed by atoms with E-state index in [0.717, 1.165) is 0 Å². The summed E-state index contributed by atoms with van der Waals surface area (Å²) in [6, 6.07) is -0.141. The largest absolute Gasteiger partial charge is 0.368 e. The highest BCUT2D eigenvalue weighted by atomic mass is 19.3. The van der Waals surface area contributed by atoms with Crippen molar-refractivity contribution in [2.24, 2.45) is 11.7 Å². The molecular formula is C12H24F2N2O. The fraction of sp³-hybridized carbons (Fsp3) is 1.00. The van der Waals surface area contributed by atoms with Crippen molar-refractivity contribution < 1.29 is 13.5 Å². The van der Waals surface area contributed by atoms with Crippen LogP contribution in [0.3, 0.4) is 0 Å². The summed E-state index contributed by atoms with van der Waals surface area (Å²) in [5, 5.41) is 0. The highest BCUT2D eigenvalue weighted by molar-refractivity contribution is 5.04. The number of alkyl halides is 2. The molecule has 1 fully saturated rings. The molecule has 0 spiro atoms. The fourth-order valence-electron chi connectivity index (χ4n) is 2.72. The Hall–Kier alpha value is -0.260. The fourth-order valence-corrected chi connectivity index (χ4v) is 2.72. The van der Waals surface area contributed by atoms with Gasteiger partial charge >= 0.3 is 0 Å². The molecule has 17 heavy (non-hydrogen) atoms. The predicted octanol–water partition coefficient (Wildman–Crippen LogP) is 1.71. The first-order valence-corrected chi connectivity index (χ1v) is 5.98. The van der Waals surface area contributed by atoms with Gasteiger partial charge in [-0.3, -0.25) is 0 Å². The number of ether oxygens (including phenoxy) is 1. The summed E-state index contributed by atoms with van der Waals surface area (Å²) in [6.45, 7) is 8.16. The molecule has 0 saturated carbocycles. The number of nitrogens with zero attached hydrogens (tertiary/aromatic N) is 1. The lowest BCUT2D eigenvalue weighted by molar-refractivity contribution is -0.0787. The van der Waals surface area contributed by atoms with Crippen molar-refractivity contribution >= 4 is 0 Å². The lowest BCUT2D eigenvalue weighted by Gasteiger charge is -2.31. The molecule has 1 heterocycles. The minimum atomic E-state index is -2.31. The summed E-state index contributed by atoms with van der Waals surface area (Å²) >= 11 is 0. The zero-order chi connectivity index (χ0) is 13.4. The Balaban J connectivity index is 2.69. The molecule has 3 nitrogen and oxygen atoms in total. The quantitative estimate of drug-likeness (QED) is 0.825. The summed E-state index contributed by atoms with van der Waals surface area (Å²) in [6.07, 6.45) is -2.31. The van der Waals surface area contributed by atoms with Crippen molar-refractivity contribution in [1.82, 2.24) is 4.90 Å². The van der Waals surface area contributed by atoms with Crippen molar-refractivity contribution in [2.45, 2.75) is 51.4 Å². The van der Waals surface area contributed by atoms with Gasteiger partial charge in [-0.25, -0.2) is 8.78 Å². The van der Waals surface area contributed by atoms with Gasteiger partial charge in [-0.05, 0) is 34.7 Å². The zero-order valence-corrected chi connectivity index (χ0v) is 11.3. The maximum Gasteiger partial charge on any atom is 0.251 e. The number of halogens is 2. The van der Waals surface area contributed by atoms with E-state index < -0.39 is 12.0 Å². The monoisotopic (exact) mass is 250 g/mol. The average Bonchev–Trinajstić information content (AvgIpc) is 2.22. The van der Waals surface area contributed by atoms with Gasteiger partial charge in [0, 0.05) is 18.5 Å². The summed E-state index contributed by atoms with van der Waals surface area (Å²) < 4.78 is 30.5. The van der Waals surface area contributed by atoms with Crippen molar-refractivity contribution in [1.29, 1.82) is 0 Å². The van der Waals surface area contributed by atoms with Gasteiger partial charge < -0.3 is 15.4 Å². The molecule has 0 aromatic carbocycles. The predicted molar refractivity (Wildman–Crippen MR) is 64.2 cm³/mol. The van der Waals surface area contributed by atoms with Gasteiger partial charge in [0.2, 0.25) is 0 Å². The van der Waals surface area contributed by atoms with E-state index in [1.807, 2.05) is 27.7 Å². The molecule has 1 saturated heterocycles. The topological polar surface area (TPSA) is 38.5 Å². The van der Waals surface area contributed by atoms with E-state index in [1.165, 1.54) is 0 Å². The third kappa shape index (κ3) is 3.36. The SMILES string of the molecule is CN(CC(F)F)CC1C(N)C(C)(C)OC1(C)C. The second-order valence-corrected chi connectivity index (χ2v) is 6.05. The Morgan fingerprint density at radius 2 is 1.76 bits per heavy atom. The number of rotatable bonds is 4. The van der Waals surface area contributed by atoms with Crippen molar-refractivity contribution in [3.8, 4) is 0 Å². The van der Waals surface area contributed by atoms with Crippen LogP contribution in [0.5, 0.6) is 0 Å². The van der Waals surface area contributed by atoms with Crippen LogP contribution in [0.2, 0.25) is 0 Å². The minimum absolute atomic E-state index is 0.0567. The third-order valence-corrected chi connectivity index (χ3v) is 3.61. The van der Waals surface area contributed by atoms with E-state index in [-0.39, 0.29) is 24.1 Å². The normalized spacial score (nSPS) is 31.4. The third-order valence-electron chi connectivity index (χ3n) is 3.61. The van der Waals surface area contributed by atoms with Crippen LogP contribution in [-0.4, -0.2) is 48.7 Å². The van der Waals surface area contributed by atoms with E-state index in [9.17, 15) is 8.78 Å². The maximum absolute atomic E-state index is 12.3. The second kappa shape index (κ2) is 4.78. The average molecular weight is 250 g/mol. The van der Waals surface area contributed by atoms with Crippen molar-refractivity contribution in [2.75, 3.05) is 20.1 Å². The summed E-state index contributed by atoms with van der Waals surface area (Å²) in [5.74, 6) is 0.0567. The molecule has 5 heteroatoms. The number of hydrogen-bond donors (Lipinski definition) is 1. The molecule has 0 bridgehead atoms. The van der Waals surface area contributed by atoms with Gasteiger partial charge in [-0.2, -0.15) is 0 Å². The molecule has 1 aliphatic rings. The van der Waals surface area contributed by atoms with Crippen LogP contribution >= 0.6 is 0 Å². The minimum Gasteiger partial charge on any atom is -0.368 e. The van der Waals surface area contributed by atoms with Crippen molar-refractivity contribution in [3.63, 3.8) is 0 Å². The van der Waals surface area contributed by atoms with Crippen molar-refractivity contribution in [3.05, 3.63) is 0 Å². The molecule has 0 aromatic rings. The Morgan fingerprint density at radius 3 is 2.12 bits per heavy atom. The van der Waals surface area contributed by atoms with E-state index >= 15 is 0 Å². The lowest BCUT2D eigenvalue weighted by atomic mass is 9.83. The van der Waals surface area contributed by atoms with Crippen LogP contribution in [0.4, 0.5) is 8.78 Å². The zero-order valence-electron chi connectivity index (χ0n) is 11.3. The van der Waals surface area contributed by atoms with Gasteiger partial charge in [0.25, 0.3) is 6.43 Å². The van der Waals surface area contributed by atoms with Crippen LogP contribution in [-0.2, 0) is 4.74 Å². The number of nitrogens with two attached hydrogens (primary N) is 1. The van der Waals surface area contributed by atoms with Gasteiger partial charge in [0.1, 0.15) is 0 Å². The second-order valence-electron chi connectivity index (χ2n) is 6.05. The van der Waals surface area contributed by atoms with Crippen LogP contribution < -0.4 is 5.73 Å². The van der Waals surface area contributed by atoms with Crippen LogP contribution in [0.25, 0.3) is 0 Å². The Bertz CT molecular complexity index is 269. The first-order chi connectivity index (χ1) is 7.56. The van der Waals surface area contributed by atoms with Crippen LogP contribution in [0, 0.1) is 5.92 Å². The molecule has 1 aliphatic heterocycles. The lowest BCUT2D eigenvalue weighted by Crippen LogP contribution is -2.48. The first-order valence-electron chi connectivity index (χ1n) is 5.98. The van der Waals surface area contributed by atoms with Crippen LogP contribution in [0.1, 0.15) is 27.7 Å². The Morgan fingerprint density at radius 1 is 1.24 bits per heavy atom. The molecular weight excluding hydrogens is 226 g/mol. The highest BCUT2D eigenvalue weighted by Crippen LogP contribution is 2.41. The molecule has 2 N–H and O–H groups in total. The van der Waals surface area contributed by atoms with Gasteiger partial charge in [-0.15, -0.1) is 0 Å². The molecule has 102 valence electrons. The molecule has 2 unspecified atom stereocenters. The molecule has 0 aliphatic carbocycles. The van der Waals surface area contributed by atoms with E-state index in [4.69, 9.17) is 10.5 Å². The van der Waals surface area contributed by atoms with E-state index in [2.05, 4.69) is 0 Å². The summed E-state index contributed by atoms with van der Waals surface area (Å²) in [5.41, 5.74) is 5.39. The van der Waals surface area contributed by atoms with Crippen LogP contribution in [0.15, 0.2) is 0 Å². The highest BCUT2D eigenvalue weighted by Gasteiger charge is 2.52. The Labute approximate surface area is 102 Å². The first kappa shape index (κ1) is 14.8. The molecule has 0 radical (unpaired) electrons. The standard InChI is InChI=1S/C12H24F2N2O/c1-11(2)8(6-16(5)7-9(13)14)10(15)12(3,4)17-11/h8-10H,6-7,15H2,1-5H3. The Kier molecular flexibility index (Phi) is 4.16. The smallest absolute Gasteiger partial charge is 0.251 e. The molecule has 1 rings (SSSR count).